The van der Waals surface area contributed by atoms with Crippen molar-refractivity contribution in [1.82, 2.24) is 0 Å². The highest BCUT2D eigenvalue weighted by molar-refractivity contribution is 7.26. The van der Waals surface area contributed by atoms with E-state index in [4.69, 9.17) is 9.98 Å². The Balaban J connectivity index is 0.954. The maximum atomic E-state index is 5.30. The Kier molecular flexibility index (Phi) is 8.96. The fourth-order valence-electron chi connectivity index (χ4n) is 9.31. The summed E-state index contributed by atoms with van der Waals surface area (Å²) < 4.78 is 5.04. The minimum absolute atomic E-state index is 0.638. The lowest BCUT2D eigenvalue weighted by atomic mass is 9.91. The van der Waals surface area contributed by atoms with Crippen molar-refractivity contribution < 1.29 is 0 Å². The van der Waals surface area contributed by atoms with Gasteiger partial charge in [-0.25, -0.2) is 9.98 Å². The molecule has 12 aromatic rings. The maximum Gasteiger partial charge on any atom is 0.160 e. The number of thiophene rings is 2. The fourth-order valence-corrected chi connectivity index (χ4v) is 11.6. The molecule has 0 aliphatic heterocycles. The zero-order chi connectivity index (χ0) is 42.0. The van der Waals surface area contributed by atoms with Crippen molar-refractivity contribution in [3.05, 3.63) is 223 Å². The number of rotatable bonds is 6. The Morgan fingerprint density at radius 1 is 0.365 bits per heavy atom. The summed E-state index contributed by atoms with van der Waals surface area (Å²) in [4.78, 5) is 10.4. The standard InChI is InChI=1S/C59H38N2S2/c1-36(38-14-4-3-5-15-38)60-59(43-27-30-51-50-22-10-11-24-54(50)63-57(51)35-43)61-37(2)39-16-12-17-42(32-39)44-23-13-25-56-58(44)53-34-41(28-31-55(53)62-56)40-26-29-49-47-20-7-6-18-45(47)46-19-8-9-21-48(46)52(49)33-40/h3-35H,1H2,2H3. The molecule has 2 nitrogen and oxygen atoms in total. The fraction of sp³-hybridized carbons (Fsp3) is 0.0169. The Morgan fingerprint density at radius 2 is 0.921 bits per heavy atom. The molecule has 0 spiro atoms. The second-order valence-electron chi connectivity index (χ2n) is 16.2. The molecule has 0 aliphatic rings. The van der Waals surface area contributed by atoms with Crippen LogP contribution in [0, 0.1) is 0 Å². The molecule has 10 aromatic carbocycles. The summed E-state index contributed by atoms with van der Waals surface area (Å²) in [6, 6.07) is 72.3. The van der Waals surface area contributed by atoms with Gasteiger partial charge >= 0.3 is 0 Å². The number of hydrogen-bond donors (Lipinski definition) is 0. The van der Waals surface area contributed by atoms with Crippen LogP contribution in [0.2, 0.25) is 0 Å². The summed E-state index contributed by atoms with van der Waals surface area (Å²) in [5.41, 5.74) is 9.32. The lowest BCUT2D eigenvalue weighted by molar-refractivity contribution is 1.45. The average molecular weight is 839 g/mol. The number of hydrogen-bond acceptors (Lipinski definition) is 3. The largest absolute Gasteiger partial charge is 0.233 e. The normalized spacial score (nSPS) is 12.5. The molecular weight excluding hydrogens is 801 g/mol. The molecule has 296 valence electrons. The molecule has 4 heteroatoms. The van der Waals surface area contributed by atoms with Gasteiger partial charge in [0.25, 0.3) is 0 Å². The van der Waals surface area contributed by atoms with Crippen molar-refractivity contribution in [3.63, 3.8) is 0 Å². The third-order valence-corrected chi connectivity index (χ3v) is 14.7. The predicted octanol–water partition coefficient (Wildman–Crippen LogP) is 17.1. The van der Waals surface area contributed by atoms with Crippen molar-refractivity contribution in [2.75, 3.05) is 0 Å². The number of amidine groups is 1. The van der Waals surface area contributed by atoms with E-state index in [0.717, 1.165) is 28.0 Å². The lowest BCUT2D eigenvalue weighted by Crippen LogP contribution is -2.04. The third-order valence-electron chi connectivity index (χ3n) is 12.4. The smallest absolute Gasteiger partial charge is 0.160 e. The van der Waals surface area contributed by atoms with Gasteiger partial charge < -0.3 is 0 Å². The van der Waals surface area contributed by atoms with Crippen LogP contribution >= 0.6 is 22.7 Å². The molecule has 0 aliphatic carbocycles. The Morgan fingerprint density at radius 3 is 1.70 bits per heavy atom. The van der Waals surface area contributed by atoms with E-state index in [0.29, 0.717) is 11.5 Å². The second-order valence-corrected chi connectivity index (χ2v) is 18.3. The van der Waals surface area contributed by atoms with Gasteiger partial charge in [0.05, 0.1) is 5.70 Å². The first-order chi connectivity index (χ1) is 31.0. The van der Waals surface area contributed by atoms with Crippen molar-refractivity contribution in [2.45, 2.75) is 6.92 Å². The number of aliphatic imine (C=N–C) groups is 2. The molecule has 0 N–H and O–H groups in total. The molecule has 0 unspecified atom stereocenters. The second kappa shape index (κ2) is 15.1. The van der Waals surface area contributed by atoms with E-state index in [2.05, 4.69) is 183 Å². The van der Waals surface area contributed by atoms with Crippen LogP contribution in [0.3, 0.4) is 0 Å². The SMILES string of the molecule is C=C(N=C(N=C(C)c1cccc(-c2cccc3sc4ccc(-c5ccc6c7ccccc7c7ccccc7c6c5)cc4c23)c1)c1ccc2c(c1)sc1ccccc12)c1ccccc1. The van der Waals surface area contributed by atoms with Crippen molar-refractivity contribution >= 4 is 113 Å². The number of benzene rings is 10. The summed E-state index contributed by atoms with van der Waals surface area (Å²) in [5, 5.41) is 12.8. The summed E-state index contributed by atoms with van der Waals surface area (Å²) in [7, 11) is 0. The van der Waals surface area contributed by atoms with Crippen molar-refractivity contribution in [1.29, 1.82) is 0 Å². The van der Waals surface area contributed by atoms with Crippen molar-refractivity contribution in [3.8, 4) is 22.3 Å². The number of nitrogens with zero attached hydrogens (tertiary/aromatic N) is 2. The minimum atomic E-state index is 0.638. The van der Waals surface area contributed by atoms with Gasteiger partial charge in [-0.05, 0) is 115 Å². The van der Waals surface area contributed by atoms with Crippen LogP contribution in [-0.2, 0) is 0 Å². The quantitative estimate of drug-likeness (QED) is 0.0905. The van der Waals surface area contributed by atoms with Crippen LogP contribution in [0.1, 0.15) is 23.6 Å². The molecule has 0 atom stereocenters. The first kappa shape index (κ1) is 37.3. The Labute approximate surface area is 373 Å². The van der Waals surface area contributed by atoms with E-state index in [1.807, 2.05) is 41.7 Å². The summed E-state index contributed by atoms with van der Waals surface area (Å²) in [6.45, 7) is 6.46. The van der Waals surface area contributed by atoms with Gasteiger partial charge in [0, 0.05) is 51.6 Å². The van der Waals surface area contributed by atoms with Gasteiger partial charge in [0.15, 0.2) is 5.84 Å². The molecule has 0 amide bonds. The van der Waals surface area contributed by atoms with E-state index in [1.54, 1.807) is 11.3 Å². The zero-order valence-electron chi connectivity index (χ0n) is 34.5. The van der Waals surface area contributed by atoms with Crippen LogP contribution in [0.5, 0.6) is 0 Å². The summed E-state index contributed by atoms with van der Waals surface area (Å²) >= 11 is 3.66. The monoisotopic (exact) mass is 838 g/mol. The third kappa shape index (κ3) is 6.46. The Hall–Kier alpha value is -7.50. The van der Waals surface area contributed by atoms with Crippen LogP contribution in [0.25, 0.3) is 101 Å². The van der Waals surface area contributed by atoms with Crippen LogP contribution in [0.15, 0.2) is 217 Å². The van der Waals surface area contributed by atoms with Gasteiger partial charge in [0.2, 0.25) is 0 Å². The molecule has 0 radical (unpaired) electrons. The molecule has 0 saturated carbocycles. The Bertz CT molecular complexity index is 3850. The molecular formula is C59H38N2S2. The highest BCUT2D eigenvalue weighted by atomic mass is 32.1. The van der Waals surface area contributed by atoms with Crippen LogP contribution < -0.4 is 0 Å². The highest BCUT2D eigenvalue weighted by Crippen LogP contribution is 2.43. The molecule has 0 fully saturated rings. The first-order valence-corrected chi connectivity index (χ1v) is 22.9. The predicted molar refractivity (Wildman–Crippen MR) is 276 cm³/mol. The topological polar surface area (TPSA) is 24.7 Å². The van der Waals surface area contributed by atoms with Gasteiger partial charge in [-0.1, -0.05) is 164 Å². The summed E-state index contributed by atoms with van der Waals surface area (Å²) in [5.74, 6) is 0.638. The van der Waals surface area contributed by atoms with Gasteiger partial charge in [-0.15, -0.1) is 22.7 Å². The molecule has 0 bridgehead atoms. The van der Waals surface area contributed by atoms with Gasteiger partial charge in [0.1, 0.15) is 0 Å². The van der Waals surface area contributed by atoms with Gasteiger partial charge in [-0.3, -0.25) is 0 Å². The number of fused-ring (bicyclic) bond motifs is 12. The summed E-state index contributed by atoms with van der Waals surface area (Å²) in [6.07, 6.45) is 0. The van der Waals surface area contributed by atoms with E-state index < -0.39 is 0 Å². The van der Waals surface area contributed by atoms with Crippen LogP contribution in [-0.4, -0.2) is 11.5 Å². The molecule has 63 heavy (non-hydrogen) atoms. The maximum absolute atomic E-state index is 5.30. The molecule has 2 aromatic heterocycles. The average Bonchev–Trinajstić information content (AvgIpc) is 3.92. The molecule has 2 heterocycles. The zero-order valence-corrected chi connectivity index (χ0v) is 36.1. The van der Waals surface area contributed by atoms with E-state index in [-0.39, 0.29) is 0 Å². The van der Waals surface area contributed by atoms with Gasteiger partial charge in [-0.2, -0.15) is 0 Å². The van der Waals surface area contributed by atoms with E-state index in [1.165, 1.54) is 89.4 Å². The minimum Gasteiger partial charge on any atom is -0.233 e. The molecule has 12 rings (SSSR count). The first-order valence-electron chi connectivity index (χ1n) is 21.2. The highest BCUT2D eigenvalue weighted by Gasteiger charge is 2.16. The van der Waals surface area contributed by atoms with Crippen molar-refractivity contribution in [2.24, 2.45) is 9.98 Å². The van der Waals surface area contributed by atoms with E-state index in [9.17, 15) is 0 Å². The van der Waals surface area contributed by atoms with Crippen LogP contribution in [0.4, 0.5) is 0 Å². The lowest BCUT2D eigenvalue weighted by Gasteiger charge is -2.12. The molecule has 0 saturated heterocycles. The van der Waals surface area contributed by atoms with E-state index >= 15 is 0 Å².